The van der Waals surface area contributed by atoms with Gasteiger partial charge < -0.3 is 11.5 Å². The average Bonchev–Trinajstić information content (AvgIpc) is 2.43. The highest BCUT2D eigenvalue weighted by Crippen LogP contribution is 2.24. The first-order valence-electron chi connectivity index (χ1n) is 7.03. The summed E-state index contributed by atoms with van der Waals surface area (Å²) in [5.74, 6) is -0.493. The quantitative estimate of drug-likeness (QED) is 0.877. The first-order valence-corrected chi connectivity index (χ1v) is 7.03. The maximum absolute atomic E-state index is 14.0. The summed E-state index contributed by atoms with van der Waals surface area (Å²) in [5, 5.41) is 0. The molecule has 0 saturated carbocycles. The standard InChI is InChI=1S/C15H22FN3O/c1-10-2-3-11(7-17)8-19(10)9-13-5-4-12(15(18)20)6-14(13)16/h4-6,10-11H,2-3,7-9,17H2,1H3,(H2,18,20). The third-order valence-corrected chi connectivity index (χ3v) is 4.15. The molecule has 2 atom stereocenters. The highest BCUT2D eigenvalue weighted by atomic mass is 19.1. The van der Waals surface area contributed by atoms with Crippen LogP contribution in [0, 0.1) is 11.7 Å². The number of amides is 1. The van der Waals surface area contributed by atoms with Crippen LogP contribution in [0.2, 0.25) is 0 Å². The van der Waals surface area contributed by atoms with Crippen molar-refractivity contribution in [3.05, 3.63) is 35.1 Å². The SMILES string of the molecule is CC1CCC(CN)CN1Cc1ccc(C(N)=O)cc1F. The molecule has 0 aliphatic carbocycles. The van der Waals surface area contributed by atoms with Gasteiger partial charge in [0.15, 0.2) is 0 Å². The number of hydrogen-bond donors (Lipinski definition) is 2. The average molecular weight is 279 g/mol. The molecule has 1 fully saturated rings. The number of primary amides is 1. The number of halogens is 1. The van der Waals surface area contributed by atoms with Crippen LogP contribution < -0.4 is 11.5 Å². The Morgan fingerprint density at radius 2 is 2.20 bits per heavy atom. The minimum Gasteiger partial charge on any atom is -0.366 e. The number of carbonyl (C=O) groups is 1. The van der Waals surface area contributed by atoms with Gasteiger partial charge in [-0.3, -0.25) is 9.69 Å². The van der Waals surface area contributed by atoms with E-state index in [4.69, 9.17) is 11.5 Å². The third kappa shape index (κ3) is 3.35. The number of carbonyl (C=O) groups excluding carboxylic acids is 1. The fourth-order valence-electron chi connectivity index (χ4n) is 2.72. The van der Waals surface area contributed by atoms with E-state index >= 15 is 0 Å². The Morgan fingerprint density at radius 1 is 1.45 bits per heavy atom. The van der Waals surface area contributed by atoms with E-state index < -0.39 is 5.91 Å². The number of benzene rings is 1. The van der Waals surface area contributed by atoms with E-state index in [0.717, 1.165) is 19.4 Å². The lowest BCUT2D eigenvalue weighted by molar-refractivity contribution is 0.0999. The number of rotatable bonds is 4. The van der Waals surface area contributed by atoms with E-state index in [0.29, 0.717) is 30.6 Å². The van der Waals surface area contributed by atoms with Gasteiger partial charge in [-0.05, 0) is 44.4 Å². The summed E-state index contributed by atoms with van der Waals surface area (Å²) in [6.07, 6.45) is 2.22. The summed E-state index contributed by atoms with van der Waals surface area (Å²) < 4.78 is 14.0. The van der Waals surface area contributed by atoms with Crippen molar-refractivity contribution in [3.8, 4) is 0 Å². The lowest BCUT2D eigenvalue weighted by Gasteiger charge is -2.37. The molecule has 4 nitrogen and oxygen atoms in total. The zero-order valence-corrected chi connectivity index (χ0v) is 11.8. The summed E-state index contributed by atoms with van der Waals surface area (Å²) >= 11 is 0. The largest absolute Gasteiger partial charge is 0.366 e. The summed E-state index contributed by atoms with van der Waals surface area (Å²) in [4.78, 5) is 13.3. The molecule has 2 unspecified atom stereocenters. The summed E-state index contributed by atoms with van der Waals surface area (Å²) in [6.45, 7) is 4.27. The lowest BCUT2D eigenvalue weighted by Crippen LogP contribution is -2.43. The van der Waals surface area contributed by atoms with Crippen molar-refractivity contribution in [2.24, 2.45) is 17.4 Å². The number of nitrogens with zero attached hydrogens (tertiary/aromatic N) is 1. The Kier molecular flexibility index (Phi) is 4.73. The molecule has 1 amide bonds. The van der Waals surface area contributed by atoms with Crippen molar-refractivity contribution in [2.75, 3.05) is 13.1 Å². The second-order valence-corrected chi connectivity index (χ2v) is 5.63. The number of likely N-dealkylation sites (tertiary alicyclic amines) is 1. The highest BCUT2D eigenvalue weighted by molar-refractivity contribution is 5.92. The molecule has 110 valence electrons. The van der Waals surface area contributed by atoms with Crippen molar-refractivity contribution in [1.29, 1.82) is 0 Å². The molecular formula is C15H22FN3O. The monoisotopic (exact) mass is 279 g/mol. The molecule has 1 aromatic carbocycles. The van der Waals surface area contributed by atoms with Gasteiger partial charge >= 0.3 is 0 Å². The maximum atomic E-state index is 14.0. The van der Waals surface area contributed by atoms with Gasteiger partial charge in [0, 0.05) is 30.3 Å². The highest BCUT2D eigenvalue weighted by Gasteiger charge is 2.25. The van der Waals surface area contributed by atoms with E-state index in [9.17, 15) is 9.18 Å². The molecule has 5 heteroatoms. The van der Waals surface area contributed by atoms with Gasteiger partial charge in [0.2, 0.25) is 5.91 Å². The first kappa shape index (κ1) is 14.9. The van der Waals surface area contributed by atoms with Crippen LogP contribution >= 0.6 is 0 Å². The zero-order valence-electron chi connectivity index (χ0n) is 11.8. The Balaban J connectivity index is 2.10. The number of nitrogens with two attached hydrogens (primary N) is 2. The van der Waals surface area contributed by atoms with Crippen molar-refractivity contribution >= 4 is 5.91 Å². The second kappa shape index (κ2) is 6.33. The van der Waals surface area contributed by atoms with Crippen LogP contribution in [0.4, 0.5) is 4.39 Å². The molecule has 4 N–H and O–H groups in total. The molecule has 20 heavy (non-hydrogen) atoms. The van der Waals surface area contributed by atoms with Gasteiger partial charge in [0.25, 0.3) is 0 Å². The molecule has 1 aliphatic rings. The smallest absolute Gasteiger partial charge is 0.248 e. The molecule has 1 aromatic rings. The van der Waals surface area contributed by atoms with E-state index in [1.54, 1.807) is 12.1 Å². The minimum atomic E-state index is -0.606. The topological polar surface area (TPSA) is 72.3 Å². The van der Waals surface area contributed by atoms with Crippen molar-refractivity contribution in [1.82, 2.24) is 4.90 Å². The molecular weight excluding hydrogens is 257 g/mol. The van der Waals surface area contributed by atoms with Crippen molar-refractivity contribution in [3.63, 3.8) is 0 Å². The lowest BCUT2D eigenvalue weighted by atomic mass is 9.93. The predicted octanol–water partition coefficient (Wildman–Crippen LogP) is 1.48. The van der Waals surface area contributed by atoms with E-state index in [1.165, 1.54) is 6.07 Å². The fraction of sp³-hybridized carbons (Fsp3) is 0.533. The zero-order chi connectivity index (χ0) is 14.7. The Bertz CT molecular complexity index is 492. The molecule has 1 saturated heterocycles. The van der Waals surface area contributed by atoms with Gasteiger partial charge in [0.05, 0.1) is 0 Å². The Labute approximate surface area is 118 Å². The van der Waals surface area contributed by atoms with Crippen LogP contribution in [-0.4, -0.2) is 29.9 Å². The van der Waals surface area contributed by atoms with Crippen molar-refractivity contribution < 1.29 is 9.18 Å². The van der Waals surface area contributed by atoms with E-state index in [1.807, 2.05) is 0 Å². The molecule has 0 bridgehead atoms. The van der Waals surface area contributed by atoms with E-state index in [-0.39, 0.29) is 11.4 Å². The van der Waals surface area contributed by atoms with Gasteiger partial charge in [-0.2, -0.15) is 0 Å². The molecule has 0 spiro atoms. The predicted molar refractivity (Wildman–Crippen MR) is 76.6 cm³/mol. The summed E-state index contributed by atoms with van der Waals surface area (Å²) in [5.41, 5.74) is 11.7. The normalized spacial score (nSPS) is 23.8. The summed E-state index contributed by atoms with van der Waals surface area (Å²) in [6, 6.07) is 4.87. The van der Waals surface area contributed by atoms with Crippen LogP contribution in [0.1, 0.15) is 35.7 Å². The van der Waals surface area contributed by atoms with Crippen LogP contribution in [0.25, 0.3) is 0 Å². The molecule has 0 radical (unpaired) electrons. The van der Waals surface area contributed by atoms with Gasteiger partial charge in [-0.25, -0.2) is 4.39 Å². The van der Waals surface area contributed by atoms with Crippen molar-refractivity contribution in [2.45, 2.75) is 32.4 Å². The first-order chi connectivity index (χ1) is 9.51. The van der Waals surface area contributed by atoms with Crippen LogP contribution in [0.5, 0.6) is 0 Å². The van der Waals surface area contributed by atoms with Gasteiger partial charge in [-0.15, -0.1) is 0 Å². The Morgan fingerprint density at radius 3 is 2.80 bits per heavy atom. The maximum Gasteiger partial charge on any atom is 0.248 e. The number of piperidine rings is 1. The third-order valence-electron chi connectivity index (χ3n) is 4.15. The van der Waals surface area contributed by atoms with Crippen LogP contribution in [0.3, 0.4) is 0 Å². The Hall–Kier alpha value is -1.46. The minimum absolute atomic E-state index is 0.206. The molecule has 1 aliphatic heterocycles. The summed E-state index contributed by atoms with van der Waals surface area (Å²) in [7, 11) is 0. The fourth-order valence-corrected chi connectivity index (χ4v) is 2.72. The van der Waals surface area contributed by atoms with E-state index in [2.05, 4.69) is 11.8 Å². The van der Waals surface area contributed by atoms with Crippen LogP contribution in [-0.2, 0) is 6.54 Å². The van der Waals surface area contributed by atoms with Gasteiger partial charge in [-0.1, -0.05) is 6.07 Å². The van der Waals surface area contributed by atoms with Crippen LogP contribution in [0.15, 0.2) is 18.2 Å². The number of hydrogen-bond acceptors (Lipinski definition) is 3. The molecule has 2 rings (SSSR count). The molecule has 0 aromatic heterocycles. The van der Waals surface area contributed by atoms with Gasteiger partial charge in [0.1, 0.15) is 5.82 Å². The second-order valence-electron chi connectivity index (χ2n) is 5.63. The molecule has 1 heterocycles.